The summed E-state index contributed by atoms with van der Waals surface area (Å²) < 4.78 is 38.3. The van der Waals surface area contributed by atoms with E-state index in [4.69, 9.17) is 9.47 Å². The second-order valence-electron chi connectivity index (χ2n) is 7.88. The molecule has 1 aliphatic rings. The second kappa shape index (κ2) is 9.80. The lowest BCUT2D eigenvalue weighted by Gasteiger charge is -2.28. The first-order valence-electron chi connectivity index (χ1n) is 11.0. The number of sulfonamides is 1. The molecule has 3 aromatic rings. The molecule has 7 nitrogen and oxygen atoms in total. The largest absolute Gasteiger partial charge is 0.497 e. The Hall–Kier alpha value is -3.10. The molecule has 0 unspecified atom stereocenters. The monoisotopic (exact) mass is 468 g/mol. The van der Waals surface area contributed by atoms with Crippen LogP contribution >= 0.6 is 0 Å². The fourth-order valence-electron chi connectivity index (χ4n) is 4.14. The van der Waals surface area contributed by atoms with Crippen LogP contribution in [-0.2, 0) is 23.0 Å². The van der Waals surface area contributed by atoms with Crippen molar-refractivity contribution in [1.29, 1.82) is 0 Å². The van der Waals surface area contributed by atoms with Crippen molar-refractivity contribution in [3.63, 3.8) is 0 Å². The van der Waals surface area contributed by atoms with Gasteiger partial charge in [0.15, 0.2) is 0 Å². The summed E-state index contributed by atoms with van der Waals surface area (Å²) in [7, 11) is -1.91. The number of amides is 1. The lowest BCUT2D eigenvalue weighted by Crippen LogP contribution is -2.40. The first kappa shape index (κ1) is 23.1. The third kappa shape index (κ3) is 4.96. The Labute approximate surface area is 194 Å². The Morgan fingerprint density at radius 1 is 1.09 bits per heavy atom. The molecule has 0 radical (unpaired) electrons. The van der Waals surface area contributed by atoms with Gasteiger partial charge in [-0.2, -0.15) is 4.31 Å². The molecule has 1 heterocycles. The molecular formula is C25H28N2O5S. The van der Waals surface area contributed by atoms with Crippen molar-refractivity contribution in [3.8, 4) is 11.5 Å². The zero-order valence-corrected chi connectivity index (χ0v) is 19.7. The van der Waals surface area contributed by atoms with E-state index in [1.165, 1.54) is 4.31 Å². The topological polar surface area (TPSA) is 84.9 Å². The number of carbonyl (C=O) groups is 1. The number of benzene rings is 3. The molecular weight excluding hydrogens is 440 g/mol. The fourth-order valence-corrected chi connectivity index (χ4v) is 5.46. The van der Waals surface area contributed by atoms with E-state index in [1.807, 2.05) is 55.5 Å². The molecule has 33 heavy (non-hydrogen) atoms. The lowest BCUT2D eigenvalue weighted by molar-refractivity contribution is 0.0954. The van der Waals surface area contributed by atoms with Crippen LogP contribution in [0.1, 0.15) is 28.4 Å². The van der Waals surface area contributed by atoms with Crippen LogP contribution in [0.5, 0.6) is 11.5 Å². The van der Waals surface area contributed by atoms with Crippen molar-refractivity contribution in [3.05, 3.63) is 71.3 Å². The van der Waals surface area contributed by atoms with Crippen LogP contribution in [0.3, 0.4) is 0 Å². The molecule has 0 saturated carbocycles. The molecule has 0 aliphatic carbocycles. The molecule has 0 bridgehead atoms. The highest BCUT2D eigenvalue weighted by atomic mass is 32.2. The van der Waals surface area contributed by atoms with Gasteiger partial charge >= 0.3 is 0 Å². The van der Waals surface area contributed by atoms with E-state index < -0.39 is 10.0 Å². The summed E-state index contributed by atoms with van der Waals surface area (Å²) >= 11 is 0. The van der Waals surface area contributed by atoms with Crippen LogP contribution in [0.25, 0.3) is 10.8 Å². The van der Waals surface area contributed by atoms with Crippen molar-refractivity contribution in [2.24, 2.45) is 0 Å². The van der Waals surface area contributed by atoms with Crippen LogP contribution in [0.4, 0.5) is 0 Å². The van der Waals surface area contributed by atoms with Gasteiger partial charge < -0.3 is 14.8 Å². The third-order valence-electron chi connectivity index (χ3n) is 5.85. The summed E-state index contributed by atoms with van der Waals surface area (Å²) in [5.41, 5.74) is 2.51. The van der Waals surface area contributed by atoms with E-state index >= 15 is 0 Å². The highest BCUT2D eigenvalue weighted by molar-refractivity contribution is 7.89. The highest BCUT2D eigenvalue weighted by Gasteiger charge is 2.27. The summed E-state index contributed by atoms with van der Waals surface area (Å²) in [4.78, 5) is 13.0. The number of rotatable bonds is 8. The molecule has 8 heteroatoms. The van der Waals surface area contributed by atoms with Crippen LogP contribution in [0, 0.1) is 0 Å². The zero-order valence-electron chi connectivity index (χ0n) is 18.8. The minimum absolute atomic E-state index is 0.0158. The molecule has 0 saturated heterocycles. The van der Waals surface area contributed by atoms with E-state index in [2.05, 4.69) is 5.32 Å². The number of nitrogens with one attached hydrogen (secondary N) is 1. The summed E-state index contributed by atoms with van der Waals surface area (Å²) in [5, 5.41) is 4.47. The molecule has 0 spiro atoms. The Balaban J connectivity index is 1.44. The number of methoxy groups -OCH3 is 1. The maximum atomic E-state index is 13.0. The zero-order chi connectivity index (χ0) is 23.4. The molecule has 0 aromatic heterocycles. The second-order valence-corrected chi connectivity index (χ2v) is 9.97. The molecule has 4 rings (SSSR count). The van der Waals surface area contributed by atoms with Crippen LogP contribution < -0.4 is 14.8 Å². The van der Waals surface area contributed by atoms with Crippen molar-refractivity contribution in [1.82, 2.24) is 9.62 Å². The van der Waals surface area contributed by atoms with Crippen LogP contribution in [0.2, 0.25) is 0 Å². The number of fused-ring (bicyclic) bond motifs is 2. The molecule has 3 aromatic carbocycles. The van der Waals surface area contributed by atoms with E-state index in [9.17, 15) is 13.2 Å². The van der Waals surface area contributed by atoms with E-state index in [0.717, 1.165) is 27.6 Å². The first-order valence-corrected chi connectivity index (χ1v) is 12.6. The van der Waals surface area contributed by atoms with E-state index in [1.54, 1.807) is 13.2 Å². The van der Waals surface area contributed by atoms with Crippen molar-refractivity contribution < 1.29 is 22.7 Å². The normalized spacial score (nSPS) is 14.0. The summed E-state index contributed by atoms with van der Waals surface area (Å²) in [6, 6.07) is 17.0. The minimum Gasteiger partial charge on any atom is -0.497 e. The van der Waals surface area contributed by atoms with Crippen LogP contribution in [0.15, 0.2) is 54.6 Å². The van der Waals surface area contributed by atoms with Gasteiger partial charge in [-0.25, -0.2) is 8.42 Å². The van der Waals surface area contributed by atoms with Gasteiger partial charge in [-0.3, -0.25) is 4.79 Å². The molecule has 1 amide bonds. The van der Waals surface area contributed by atoms with Gasteiger partial charge in [-0.05, 0) is 53.4 Å². The van der Waals surface area contributed by atoms with Gasteiger partial charge in [0.05, 0.1) is 25.0 Å². The third-order valence-corrected chi connectivity index (χ3v) is 7.67. The van der Waals surface area contributed by atoms with Gasteiger partial charge in [-0.1, -0.05) is 36.4 Å². The Kier molecular flexibility index (Phi) is 6.85. The smallest absolute Gasteiger partial charge is 0.255 e. The van der Waals surface area contributed by atoms with Gasteiger partial charge in [-0.15, -0.1) is 0 Å². The predicted octanol–water partition coefficient (Wildman–Crippen LogP) is 3.37. The van der Waals surface area contributed by atoms with Crippen molar-refractivity contribution in [2.45, 2.75) is 19.9 Å². The van der Waals surface area contributed by atoms with Crippen molar-refractivity contribution in [2.75, 3.05) is 32.6 Å². The number of carbonyl (C=O) groups excluding carboxylic acids is 1. The summed E-state index contributed by atoms with van der Waals surface area (Å²) in [6.07, 6.45) is 0.631. The summed E-state index contributed by atoms with van der Waals surface area (Å²) in [5.74, 6) is 0.743. The van der Waals surface area contributed by atoms with Gasteiger partial charge in [0.2, 0.25) is 10.0 Å². The van der Waals surface area contributed by atoms with Crippen LogP contribution in [-0.4, -0.2) is 51.2 Å². The molecule has 0 fully saturated rings. The number of hydrogen-bond donors (Lipinski definition) is 1. The first-order chi connectivity index (χ1) is 15.9. The standard InChI is InChI=1S/C25H28N2O5S/c1-3-32-23-11-9-18-6-4-5-7-22(18)24(23)25(28)26-13-15-33(29,30)27-14-12-19-16-21(31-2)10-8-20(19)17-27/h4-11,16H,3,12-15,17H2,1-2H3,(H,26,28). The Morgan fingerprint density at radius 2 is 1.91 bits per heavy atom. The Morgan fingerprint density at radius 3 is 2.70 bits per heavy atom. The predicted molar refractivity (Wildman–Crippen MR) is 128 cm³/mol. The Bertz CT molecular complexity index is 1270. The molecule has 174 valence electrons. The van der Waals surface area contributed by atoms with Gasteiger partial charge in [0.1, 0.15) is 11.5 Å². The molecule has 0 atom stereocenters. The van der Waals surface area contributed by atoms with E-state index in [0.29, 0.717) is 37.4 Å². The van der Waals surface area contributed by atoms with Gasteiger partial charge in [0, 0.05) is 19.6 Å². The van der Waals surface area contributed by atoms with Gasteiger partial charge in [0.25, 0.3) is 5.91 Å². The maximum Gasteiger partial charge on any atom is 0.255 e. The summed E-state index contributed by atoms with van der Waals surface area (Å²) in [6.45, 7) is 3.04. The maximum absolute atomic E-state index is 13.0. The molecule has 1 aliphatic heterocycles. The number of nitrogens with zero attached hydrogens (tertiary/aromatic N) is 1. The molecule has 1 N–H and O–H groups in total. The average Bonchev–Trinajstić information content (AvgIpc) is 2.83. The average molecular weight is 469 g/mol. The van der Waals surface area contributed by atoms with Crippen molar-refractivity contribution >= 4 is 26.7 Å². The number of ether oxygens (including phenoxy) is 2. The quantitative estimate of drug-likeness (QED) is 0.548. The highest BCUT2D eigenvalue weighted by Crippen LogP contribution is 2.28. The van der Waals surface area contributed by atoms with E-state index in [-0.39, 0.29) is 18.2 Å². The fraction of sp³-hybridized carbons (Fsp3) is 0.320. The lowest BCUT2D eigenvalue weighted by atomic mass is 10.0. The SMILES string of the molecule is CCOc1ccc2ccccc2c1C(=O)NCCS(=O)(=O)N1CCc2cc(OC)ccc2C1. The minimum atomic E-state index is -3.53. The number of hydrogen-bond acceptors (Lipinski definition) is 5.